The number of nitrogens with one attached hydrogen (secondary N) is 1. The number of rotatable bonds is 8. The second kappa shape index (κ2) is 12.4. The lowest BCUT2D eigenvalue weighted by molar-refractivity contribution is -0.134. The number of aromatic nitrogens is 1. The summed E-state index contributed by atoms with van der Waals surface area (Å²) in [6.07, 6.45) is 5.22. The van der Waals surface area contributed by atoms with Gasteiger partial charge in [0, 0.05) is 36.6 Å². The van der Waals surface area contributed by atoms with Gasteiger partial charge in [0.15, 0.2) is 0 Å². The lowest BCUT2D eigenvalue weighted by Gasteiger charge is -2.42. The Hall–Kier alpha value is -2.45. The number of likely N-dealkylation sites (tertiary alicyclic amines) is 1. The maximum absolute atomic E-state index is 13.4. The minimum Gasteiger partial charge on any atom is -0.444 e. The molecule has 1 aliphatic carbocycles. The van der Waals surface area contributed by atoms with Crippen LogP contribution < -0.4 is 5.32 Å². The minimum atomic E-state index is -0.655. The number of benzene rings is 1. The first-order valence-electron chi connectivity index (χ1n) is 15.2. The molecule has 7 nitrogen and oxygen atoms in total. The van der Waals surface area contributed by atoms with Crippen molar-refractivity contribution in [3.63, 3.8) is 0 Å². The molecule has 0 bridgehead atoms. The van der Waals surface area contributed by atoms with Crippen LogP contribution in [0.25, 0.3) is 11.3 Å². The van der Waals surface area contributed by atoms with Crippen molar-refractivity contribution in [2.45, 2.75) is 122 Å². The number of aliphatic hydroxyl groups excluding tert-OH is 1. The molecule has 41 heavy (non-hydrogen) atoms. The fourth-order valence-electron chi connectivity index (χ4n) is 6.09. The molecule has 4 rings (SSSR count). The van der Waals surface area contributed by atoms with Crippen molar-refractivity contribution in [1.82, 2.24) is 15.2 Å². The standard InChI is InChI=1S/C33H49N3O4S/c1-31(2,3)40-30(39)35-26(10-8-9-19-37)29(38)36-17-13-22(14-18-36)28-34-27(21-41-28)23-11-12-24-25(20-23)33(6,7)16-15-32(24,4)5/h11-12,20-22,26,37H,8-10,13-19H2,1-7H3,(H,35,39)/t26-/m1/s1. The molecule has 8 heteroatoms. The van der Waals surface area contributed by atoms with Crippen LogP contribution in [-0.2, 0) is 20.4 Å². The topological polar surface area (TPSA) is 91.8 Å². The second-order valence-corrected chi connectivity index (χ2v) is 15.0. The average Bonchev–Trinajstić information content (AvgIpc) is 3.40. The average molecular weight is 584 g/mol. The number of alkyl carbamates (subject to hydrolysis) is 1. The van der Waals surface area contributed by atoms with Crippen molar-refractivity contribution >= 4 is 23.3 Å². The molecular weight excluding hydrogens is 534 g/mol. The van der Waals surface area contributed by atoms with E-state index >= 15 is 0 Å². The van der Waals surface area contributed by atoms with Crippen molar-refractivity contribution in [2.75, 3.05) is 19.7 Å². The van der Waals surface area contributed by atoms with Crippen molar-refractivity contribution in [2.24, 2.45) is 0 Å². The number of aliphatic hydroxyl groups is 1. The number of nitrogens with zero attached hydrogens (tertiary/aromatic N) is 2. The van der Waals surface area contributed by atoms with Crippen LogP contribution in [-0.4, -0.2) is 58.3 Å². The number of amides is 2. The highest BCUT2D eigenvalue weighted by Gasteiger charge is 2.37. The smallest absolute Gasteiger partial charge is 0.408 e. The molecule has 2 aromatic rings. The summed E-state index contributed by atoms with van der Waals surface area (Å²) in [4.78, 5) is 32.8. The van der Waals surface area contributed by atoms with Crippen LogP contribution in [0.15, 0.2) is 23.6 Å². The largest absolute Gasteiger partial charge is 0.444 e. The molecule has 2 heterocycles. The molecule has 1 aromatic heterocycles. The third-order valence-electron chi connectivity index (χ3n) is 8.72. The van der Waals surface area contributed by atoms with Gasteiger partial charge in [-0.2, -0.15) is 0 Å². The Morgan fingerprint density at radius 1 is 1.10 bits per heavy atom. The summed E-state index contributed by atoms with van der Waals surface area (Å²) < 4.78 is 5.40. The Morgan fingerprint density at radius 3 is 2.39 bits per heavy atom. The number of hydrogen-bond acceptors (Lipinski definition) is 6. The molecular formula is C33H49N3O4S. The summed E-state index contributed by atoms with van der Waals surface area (Å²) in [6.45, 7) is 16.1. The van der Waals surface area contributed by atoms with Gasteiger partial charge in [0.05, 0.1) is 10.7 Å². The number of ether oxygens (including phenoxy) is 1. The molecule has 1 fully saturated rings. The lowest BCUT2D eigenvalue weighted by atomic mass is 9.63. The highest BCUT2D eigenvalue weighted by atomic mass is 32.1. The molecule has 1 atom stereocenters. The fraction of sp³-hybridized carbons (Fsp3) is 0.667. The highest BCUT2D eigenvalue weighted by Crippen LogP contribution is 2.47. The Balaban J connectivity index is 1.41. The van der Waals surface area contributed by atoms with Crippen LogP contribution in [0, 0.1) is 0 Å². The number of carbonyl (C=O) groups is 2. The van der Waals surface area contributed by atoms with E-state index in [1.165, 1.54) is 29.5 Å². The van der Waals surface area contributed by atoms with Crippen molar-refractivity contribution < 1.29 is 19.4 Å². The van der Waals surface area contributed by atoms with Gasteiger partial charge in [-0.05, 0) is 93.7 Å². The van der Waals surface area contributed by atoms with E-state index in [2.05, 4.69) is 56.6 Å². The molecule has 0 radical (unpaired) electrons. The van der Waals surface area contributed by atoms with Crippen LogP contribution in [0.3, 0.4) is 0 Å². The molecule has 0 unspecified atom stereocenters. The molecule has 226 valence electrons. The number of piperidine rings is 1. The quantitative estimate of drug-likeness (QED) is 0.329. The van der Waals surface area contributed by atoms with Crippen molar-refractivity contribution in [3.8, 4) is 11.3 Å². The van der Waals surface area contributed by atoms with Crippen LogP contribution in [0.2, 0.25) is 0 Å². The summed E-state index contributed by atoms with van der Waals surface area (Å²) >= 11 is 1.72. The zero-order valence-electron chi connectivity index (χ0n) is 26.0. The van der Waals surface area contributed by atoms with Gasteiger partial charge >= 0.3 is 6.09 Å². The maximum Gasteiger partial charge on any atom is 0.408 e. The first kappa shape index (κ1) is 31.5. The third-order valence-corrected chi connectivity index (χ3v) is 9.72. The summed E-state index contributed by atoms with van der Waals surface area (Å²) in [5.41, 5.74) is 4.84. The summed E-state index contributed by atoms with van der Waals surface area (Å²) in [5.74, 6) is 0.240. The third kappa shape index (κ3) is 7.69. The first-order chi connectivity index (χ1) is 19.2. The van der Waals surface area contributed by atoms with E-state index in [9.17, 15) is 14.7 Å². The Kier molecular flexibility index (Phi) is 9.54. The van der Waals surface area contributed by atoms with E-state index < -0.39 is 17.7 Å². The van der Waals surface area contributed by atoms with Crippen molar-refractivity contribution in [3.05, 3.63) is 39.7 Å². The predicted molar refractivity (Wildman–Crippen MR) is 165 cm³/mol. The SMILES string of the molecule is CC(C)(C)OC(=O)N[C@H](CCCCO)C(=O)N1CCC(c2nc(-c3ccc4c(c3)C(C)(C)CCC4(C)C)cs2)CC1. The molecule has 2 aliphatic rings. The molecule has 0 saturated carbocycles. The van der Waals surface area contributed by atoms with E-state index in [1.54, 1.807) is 32.1 Å². The maximum atomic E-state index is 13.4. The van der Waals surface area contributed by atoms with Gasteiger partial charge in [0.2, 0.25) is 5.91 Å². The minimum absolute atomic E-state index is 0.0652. The van der Waals surface area contributed by atoms with Crippen molar-refractivity contribution in [1.29, 1.82) is 0 Å². The van der Waals surface area contributed by atoms with Crippen LogP contribution in [0.1, 0.15) is 115 Å². The zero-order valence-corrected chi connectivity index (χ0v) is 26.8. The van der Waals surface area contributed by atoms with Gasteiger partial charge < -0.3 is 20.1 Å². The second-order valence-electron chi connectivity index (χ2n) is 14.1. The van der Waals surface area contributed by atoms with Gasteiger partial charge in [-0.1, -0.05) is 39.8 Å². The monoisotopic (exact) mass is 583 g/mol. The Morgan fingerprint density at radius 2 is 1.76 bits per heavy atom. The van der Waals surface area contributed by atoms with Crippen LogP contribution in [0.5, 0.6) is 0 Å². The van der Waals surface area contributed by atoms with E-state index in [4.69, 9.17) is 9.72 Å². The van der Waals surface area contributed by atoms with E-state index in [-0.39, 0.29) is 23.3 Å². The van der Waals surface area contributed by atoms with Crippen LogP contribution in [0.4, 0.5) is 4.79 Å². The van der Waals surface area contributed by atoms with Gasteiger partial charge in [-0.25, -0.2) is 9.78 Å². The van der Waals surface area contributed by atoms with E-state index in [0.29, 0.717) is 38.3 Å². The molecule has 1 saturated heterocycles. The molecule has 2 amide bonds. The van der Waals surface area contributed by atoms with Gasteiger partial charge in [-0.15, -0.1) is 11.3 Å². The first-order valence-corrected chi connectivity index (χ1v) is 16.1. The number of unbranched alkanes of at least 4 members (excludes halogenated alkanes) is 1. The summed E-state index contributed by atoms with van der Waals surface area (Å²) in [5, 5.41) is 15.3. The lowest BCUT2D eigenvalue weighted by Crippen LogP contribution is -2.51. The number of carbonyl (C=O) groups excluding carboxylic acids is 2. The Bertz CT molecular complexity index is 1220. The predicted octanol–water partition coefficient (Wildman–Crippen LogP) is 6.92. The number of hydrogen-bond donors (Lipinski definition) is 2. The summed E-state index contributed by atoms with van der Waals surface area (Å²) in [7, 11) is 0. The van der Waals surface area contributed by atoms with Gasteiger partial charge in [-0.3, -0.25) is 4.79 Å². The number of fused-ring (bicyclic) bond motifs is 1. The van der Waals surface area contributed by atoms with E-state index in [1.807, 2.05) is 4.90 Å². The summed E-state index contributed by atoms with van der Waals surface area (Å²) in [6, 6.07) is 6.26. The zero-order chi connectivity index (χ0) is 30.0. The number of thiazole rings is 1. The normalized spacial score (nSPS) is 19.4. The van der Waals surface area contributed by atoms with Crippen LogP contribution >= 0.6 is 11.3 Å². The van der Waals surface area contributed by atoms with Gasteiger partial charge in [0.25, 0.3) is 0 Å². The fourth-order valence-corrected chi connectivity index (χ4v) is 7.09. The highest BCUT2D eigenvalue weighted by molar-refractivity contribution is 7.10. The van der Waals surface area contributed by atoms with E-state index in [0.717, 1.165) is 23.5 Å². The molecule has 0 spiro atoms. The molecule has 2 N–H and O–H groups in total. The Labute approximate surface area is 250 Å². The molecule has 1 aromatic carbocycles. The van der Waals surface area contributed by atoms with Gasteiger partial charge in [0.1, 0.15) is 11.6 Å². The molecule has 1 aliphatic heterocycles.